The smallest absolute Gasteiger partial charge is 0.264 e. The van der Waals surface area contributed by atoms with E-state index in [2.05, 4.69) is 5.32 Å². The minimum absolute atomic E-state index is 0.0356. The number of methoxy groups -OCH3 is 2. The highest BCUT2D eigenvalue weighted by Gasteiger charge is 2.35. The molecule has 0 heterocycles. The lowest BCUT2D eigenvalue weighted by Crippen LogP contribution is -2.54. The van der Waals surface area contributed by atoms with Gasteiger partial charge in [0.15, 0.2) is 0 Å². The highest BCUT2D eigenvalue weighted by atomic mass is 32.2. The van der Waals surface area contributed by atoms with Crippen molar-refractivity contribution in [1.29, 1.82) is 0 Å². The van der Waals surface area contributed by atoms with Crippen LogP contribution < -0.4 is 19.1 Å². The first-order valence-electron chi connectivity index (χ1n) is 15.6. The van der Waals surface area contributed by atoms with Crippen molar-refractivity contribution in [2.75, 3.05) is 25.1 Å². The Morgan fingerprint density at radius 3 is 2.06 bits per heavy atom. The summed E-state index contributed by atoms with van der Waals surface area (Å²) >= 11 is 0. The monoisotopic (exact) mass is 657 g/mol. The van der Waals surface area contributed by atoms with Crippen LogP contribution in [-0.4, -0.2) is 58.0 Å². The molecular formula is C37H43N3O6S. The number of nitrogens with zero attached hydrogens (tertiary/aromatic N) is 2. The van der Waals surface area contributed by atoms with E-state index in [1.54, 1.807) is 55.6 Å². The summed E-state index contributed by atoms with van der Waals surface area (Å²) in [7, 11) is -1.18. The van der Waals surface area contributed by atoms with Gasteiger partial charge < -0.3 is 19.7 Å². The van der Waals surface area contributed by atoms with E-state index < -0.39 is 28.5 Å². The summed E-state index contributed by atoms with van der Waals surface area (Å²) in [6.07, 6.45) is 0.925. The number of aryl methyl sites for hydroxylation is 1. The SMILES string of the molecule is CC[C@@H](C)NC(=O)[C@H](Cc1ccccc1)N(Cc1cccc(OC)c1)C(=O)CN(c1cccc(OC)c1)S(=O)(=O)c1ccc(C)cc1. The van der Waals surface area contributed by atoms with Crippen LogP contribution in [0.4, 0.5) is 5.69 Å². The Morgan fingerprint density at radius 1 is 0.809 bits per heavy atom. The number of nitrogens with one attached hydrogen (secondary N) is 1. The van der Waals surface area contributed by atoms with Gasteiger partial charge in [-0.25, -0.2) is 8.42 Å². The van der Waals surface area contributed by atoms with Gasteiger partial charge in [0, 0.05) is 25.1 Å². The van der Waals surface area contributed by atoms with Crippen LogP contribution >= 0.6 is 0 Å². The van der Waals surface area contributed by atoms with Crippen molar-refractivity contribution in [3.05, 3.63) is 120 Å². The topological polar surface area (TPSA) is 105 Å². The highest BCUT2D eigenvalue weighted by Crippen LogP contribution is 2.28. The van der Waals surface area contributed by atoms with Gasteiger partial charge in [-0.1, -0.05) is 73.2 Å². The first kappa shape index (κ1) is 35.0. The van der Waals surface area contributed by atoms with Crippen molar-refractivity contribution in [1.82, 2.24) is 10.2 Å². The molecule has 4 rings (SSSR count). The molecule has 9 nitrogen and oxygen atoms in total. The second-order valence-electron chi connectivity index (χ2n) is 11.4. The van der Waals surface area contributed by atoms with Gasteiger partial charge in [-0.3, -0.25) is 13.9 Å². The Kier molecular flexibility index (Phi) is 12.0. The number of amides is 2. The summed E-state index contributed by atoms with van der Waals surface area (Å²) in [5, 5.41) is 3.05. The Hall–Kier alpha value is -4.83. The molecule has 2 atom stereocenters. The van der Waals surface area contributed by atoms with Crippen molar-refractivity contribution >= 4 is 27.5 Å². The van der Waals surface area contributed by atoms with Crippen LogP contribution in [0.2, 0.25) is 0 Å². The van der Waals surface area contributed by atoms with Crippen molar-refractivity contribution in [3.63, 3.8) is 0 Å². The standard InChI is InChI=1S/C37H43N3O6S/c1-6-28(3)38-37(42)35(23-29-12-8-7-9-13-29)39(25-30-14-10-16-32(22-30)45-4)36(41)26-40(31-15-11-17-33(24-31)46-5)47(43,44)34-20-18-27(2)19-21-34/h7-22,24,28,35H,6,23,25-26H2,1-5H3,(H,38,42)/t28-,35+/m1/s1. The molecular weight excluding hydrogens is 614 g/mol. The van der Waals surface area contributed by atoms with Gasteiger partial charge in [0.1, 0.15) is 24.1 Å². The van der Waals surface area contributed by atoms with Crippen LogP contribution in [0.5, 0.6) is 11.5 Å². The summed E-state index contributed by atoms with van der Waals surface area (Å²) in [4.78, 5) is 30.1. The van der Waals surface area contributed by atoms with Crippen molar-refractivity contribution < 1.29 is 27.5 Å². The lowest BCUT2D eigenvalue weighted by Gasteiger charge is -2.34. The van der Waals surface area contributed by atoms with E-state index in [9.17, 15) is 18.0 Å². The second-order valence-corrected chi connectivity index (χ2v) is 13.3. The summed E-state index contributed by atoms with van der Waals surface area (Å²) in [6.45, 7) is 5.23. The number of benzene rings is 4. The Labute approximate surface area is 278 Å². The number of anilines is 1. The van der Waals surface area contributed by atoms with Gasteiger partial charge in [0.2, 0.25) is 11.8 Å². The number of ether oxygens (including phenoxy) is 2. The zero-order valence-electron chi connectivity index (χ0n) is 27.6. The van der Waals surface area contributed by atoms with E-state index in [0.29, 0.717) is 17.9 Å². The third kappa shape index (κ3) is 9.13. The van der Waals surface area contributed by atoms with Gasteiger partial charge in [-0.15, -0.1) is 0 Å². The largest absolute Gasteiger partial charge is 0.497 e. The maximum absolute atomic E-state index is 14.6. The normalized spacial score (nSPS) is 12.4. The van der Waals surface area contributed by atoms with Gasteiger partial charge in [0.05, 0.1) is 24.8 Å². The lowest BCUT2D eigenvalue weighted by molar-refractivity contribution is -0.140. The first-order chi connectivity index (χ1) is 22.5. The molecule has 0 fully saturated rings. The lowest BCUT2D eigenvalue weighted by atomic mass is 10.0. The van der Waals surface area contributed by atoms with Crippen LogP contribution in [0.3, 0.4) is 0 Å². The van der Waals surface area contributed by atoms with Crippen LogP contribution in [0, 0.1) is 6.92 Å². The van der Waals surface area contributed by atoms with Gasteiger partial charge in [-0.05, 0) is 67.8 Å². The molecule has 0 aliphatic rings. The molecule has 0 bridgehead atoms. The van der Waals surface area contributed by atoms with Crippen molar-refractivity contribution in [3.8, 4) is 11.5 Å². The van der Waals surface area contributed by atoms with Crippen LogP contribution in [-0.2, 0) is 32.6 Å². The predicted molar refractivity (Wildman–Crippen MR) is 184 cm³/mol. The van der Waals surface area contributed by atoms with E-state index in [0.717, 1.165) is 21.0 Å². The molecule has 0 unspecified atom stereocenters. The van der Waals surface area contributed by atoms with E-state index in [1.807, 2.05) is 63.2 Å². The number of carbonyl (C=O) groups excluding carboxylic acids is 2. The fraction of sp³-hybridized carbons (Fsp3) is 0.297. The average Bonchev–Trinajstić information content (AvgIpc) is 3.09. The molecule has 47 heavy (non-hydrogen) atoms. The van der Waals surface area contributed by atoms with Crippen molar-refractivity contribution in [2.24, 2.45) is 0 Å². The summed E-state index contributed by atoms with van der Waals surface area (Å²) < 4.78 is 40.4. The molecule has 4 aromatic rings. The molecule has 0 aliphatic carbocycles. The maximum atomic E-state index is 14.6. The number of hydrogen-bond donors (Lipinski definition) is 1. The predicted octanol–water partition coefficient (Wildman–Crippen LogP) is 5.76. The number of hydrogen-bond acceptors (Lipinski definition) is 6. The molecule has 248 valence electrons. The molecule has 0 aromatic heterocycles. The Morgan fingerprint density at radius 2 is 1.43 bits per heavy atom. The molecule has 4 aromatic carbocycles. The fourth-order valence-corrected chi connectivity index (χ4v) is 6.50. The quantitative estimate of drug-likeness (QED) is 0.174. The fourth-order valence-electron chi connectivity index (χ4n) is 5.09. The number of rotatable bonds is 15. The molecule has 0 saturated heterocycles. The third-order valence-electron chi connectivity index (χ3n) is 7.99. The van der Waals surface area contributed by atoms with Gasteiger partial charge in [-0.2, -0.15) is 0 Å². The summed E-state index contributed by atoms with van der Waals surface area (Å²) in [5.41, 5.74) is 2.73. The minimum Gasteiger partial charge on any atom is -0.497 e. The molecule has 0 spiro atoms. The summed E-state index contributed by atoms with van der Waals surface area (Å²) in [6, 6.07) is 28.7. The zero-order valence-corrected chi connectivity index (χ0v) is 28.4. The van der Waals surface area contributed by atoms with E-state index in [1.165, 1.54) is 24.1 Å². The molecule has 2 amide bonds. The average molecular weight is 658 g/mol. The molecule has 1 N–H and O–H groups in total. The van der Waals surface area contributed by atoms with E-state index in [-0.39, 0.29) is 35.5 Å². The number of sulfonamides is 1. The van der Waals surface area contributed by atoms with E-state index >= 15 is 0 Å². The summed E-state index contributed by atoms with van der Waals surface area (Å²) in [5.74, 6) is 0.154. The third-order valence-corrected chi connectivity index (χ3v) is 9.78. The first-order valence-corrected chi connectivity index (χ1v) is 17.0. The van der Waals surface area contributed by atoms with Gasteiger partial charge >= 0.3 is 0 Å². The highest BCUT2D eigenvalue weighted by molar-refractivity contribution is 7.92. The zero-order chi connectivity index (χ0) is 34.0. The van der Waals surface area contributed by atoms with E-state index in [4.69, 9.17) is 9.47 Å². The van der Waals surface area contributed by atoms with Crippen LogP contribution in [0.25, 0.3) is 0 Å². The molecule has 10 heteroatoms. The van der Waals surface area contributed by atoms with Gasteiger partial charge in [0.25, 0.3) is 10.0 Å². The molecule has 0 aliphatic heterocycles. The number of carbonyl (C=O) groups is 2. The van der Waals surface area contributed by atoms with Crippen molar-refractivity contribution in [2.45, 2.75) is 57.1 Å². The second kappa shape index (κ2) is 16.1. The Bertz CT molecular complexity index is 1750. The maximum Gasteiger partial charge on any atom is 0.264 e. The Balaban J connectivity index is 1.83. The molecule has 0 radical (unpaired) electrons. The minimum atomic E-state index is -4.23. The van der Waals surface area contributed by atoms with Crippen LogP contribution in [0.1, 0.15) is 37.0 Å². The van der Waals surface area contributed by atoms with Crippen LogP contribution in [0.15, 0.2) is 108 Å². The molecule has 0 saturated carbocycles.